The van der Waals surface area contributed by atoms with Gasteiger partial charge in [0.05, 0.1) is 12.2 Å². The van der Waals surface area contributed by atoms with Gasteiger partial charge < -0.3 is 15.4 Å². The molecule has 0 spiro atoms. The van der Waals surface area contributed by atoms with Crippen LogP contribution in [0.5, 0.6) is 0 Å². The normalized spacial score (nSPS) is 10.4. The average Bonchev–Trinajstić information content (AvgIpc) is 2.69. The lowest BCUT2D eigenvalue weighted by Gasteiger charge is -2.12. The fourth-order valence-electron chi connectivity index (χ4n) is 2.81. The Kier molecular flexibility index (Phi) is 6.22. The molecule has 2 N–H and O–H groups in total. The van der Waals surface area contributed by atoms with Gasteiger partial charge in [0.1, 0.15) is 5.82 Å². The summed E-state index contributed by atoms with van der Waals surface area (Å²) in [7, 11) is 0. The predicted octanol–water partition coefficient (Wildman–Crippen LogP) is 5.01. The van der Waals surface area contributed by atoms with Gasteiger partial charge in [-0.15, -0.1) is 0 Å². The number of ether oxygens (including phenoxy) is 1. The molecule has 0 radical (unpaired) electrons. The summed E-state index contributed by atoms with van der Waals surface area (Å²) in [5.41, 5.74) is 4.41. The van der Waals surface area contributed by atoms with Gasteiger partial charge in [-0.05, 0) is 56.2 Å². The van der Waals surface area contributed by atoms with Crippen LogP contribution in [0.3, 0.4) is 0 Å². The van der Waals surface area contributed by atoms with E-state index in [4.69, 9.17) is 4.74 Å². The maximum Gasteiger partial charge on any atom is 0.338 e. The maximum absolute atomic E-state index is 11.8. The van der Waals surface area contributed by atoms with Crippen molar-refractivity contribution in [2.75, 3.05) is 17.2 Å². The van der Waals surface area contributed by atoms with Crippen LogP contribution in [0.2, 0.25) is 0 Å². The van der Waals surface area contributed by atoms with Crippen molar-refractivity contribution in [2.45, 2.75) is 27.2 Å². The summed E-state index contributed by atoms with van der Waals surface area (Å²) in [6.45, 7) is 6.19. The SMILES string of the molecule is CCOC(=O)c1ccc(Nc2nc(C)cc(Nc3ccccc3CC)n2)cc1. The minimum absolute atomic E-state index is 0.332. The van der Waals surface area contributed by atoms with Crippen molar-refractivity contribution in [1.82, 2.24) is 9.97 Å². The van der Waals surface area contributed by atoms with E-state index < -0.39 is 0 Å². The van der Waals surface area contributed by atoms with Gasteiger partial charge in [0.2, 0.25) is 5.95 Å². The molecule has 1 aromatic heterocycles. The lowest BCUT2D eigenvalue weighted by Crippen LogP contribution is -2.05. The molecule has 1 heterocycles. The van der Waals surface area contributed by atoms with E-state index in [2.05, 4.69) is 33.6 Å². The predicted molar refractivity (Wildman–Crippen MR) is 112 cm³/mol. The van der Waals surface area contributed by atoms with Gasteiger partial charge in [-0.2, -0.15) is 4.98 Å². The van der Waals surface area contributed by atoms with E-state index in [0.29, 0.717) is 18.1 Å². The topological polar surface area (TPSA) is 76.1 Å². The van der Waals surface area contributed by atoms with Crippen LogP contribution in [0.1, 0.15) is 35.5 Å². The summed E-state index contributed by atoms with van der Waals surface area (Å²) in [4.78, 5) is 20.8. The summed E-state index contributed by atoms with van der Waals surface area (Å²) in [6, 6.07) is 17.1. The van der Waals surface area contributed by atoms with Crippen LogP contribution in [0, 0.1) is 6.92 Å². The highest BCUT2D eigenvalue weighted by molar-refractivity contribution is 5.89. The van der Waals surface area contributed by atoms with Gasteiger partial charge >= 0.3 is 5.97 Å². The Hall–Kier alpha value is -3.41. The summed E-state index contributed by atoms with van der Waals surface area (Å²) >= 11 is 0. The second-order valence-corrected chi connectivity index (χ2v) is 6.28. The van der Waals surface area contributed by atoms with E-state index in [1.54, 1.807) is 31.2 Å². The van der Waals surface area contributed by atoms with E-state index in [0.717, 1.165) is 29.3 Å². The third-order valence-corrected chi connectivity index (χ3v) is 4.17. The van der Waals surface area contributed by atoms with Gasteiger partial charge in [0.25, 0.3) is 0 Å². The molecule has 0 bridgehead atoms. The first-order valence-electron chi connectivity index (χ1n) is 9.34. The number of anilines is 4. The molecule has 0 aliphatic heterocycles. The standard InChI is InChI=1S/C22H24N4O2/c1-4-16-8-6-7-9-19(16)25-20-14-15(3)23-22(26-20)24-18-12-10-17(11-13-18)21(27)28-5-2/h6-14H,4-5H2,1-3H3,(H2,23,24,25,26). The maximum atomic E-state index is 11.8. The molecule has 3 aromatic rings. The number of hydrogen-bond acceptors (Lipinski definition) is 6. The van der Waals surface area contributed by atoms with Gasteiger partial charge in [0.15, 0.2) is 0 Å². The molecular weight excluding hydrogens is 352 g/mol. The fraction of sp³-hybridized carbons (Fsp3) is 0.227. The molecule has 6 heteroatoms. The molecule has 0 saturated heterocycles. The molecule has 144 valence electrons. The first kappa shape index (κ1) is 19.4. The van der Waals surface area contributed by atoms with Crippen molar-refractivity contribution in [2.24, 2.45) is 0 Å². The molecule has 0 fully saturated rings. The number of hydrogen-bond donors (Lipinski definition) is 2. The second kappa shape index (κ2) is 8.99. The zero-order valence-electron chi connectivity index (χ0n) is 16.3. The molecule has 0 aliphatic carbocycles. The zero-order valence-corrected chi connectivity index (χ0v) is 16.3. The Morgan fingerprint density at radius 1 is 1.00 bits per heavy atom. The minimum Gasteiger partial charge on any atom is -0.462 e. The van der Waals surface area contributed by atoms with Gasteiger partial charge in [-0.25, -0.2) is 9.78 Å². The molecule has 2 aromatic carbocycles. The molecule has 0 unspecified atom stereocenters. The first-order chi connectivity index (χ1) is 13.6. The third kappa shape index (κ3) is 4.85. The van der Waals surface area contributed by atoms with Gasteiger partial charge in [0, 0.05) is 23.1 Å². The van der Waals surface area contributed by atoms with Crippen molar-refractivity contribution in [3.05, 3.63) is 71.4 Å². The smallest absolute Gasteiger partial charge is 0.338 e. The zero-order chi connectivity index (χ0) is 19.9. The highest BCUT2D eigenvalue weighted by Crippen LogP contribution is 2.22. The van der Waals surface area contributed by atoms with Crippen molar-refractivity contribution >= 4 is 29.1 Å². The van der Waals surface area contributed by atoms with Crippen LogP contribution in [0.25, 0.3) is 0 Å². The molecule has 0 saturated carbocycles. The van der Waals surface area contributed by atoms with E-state index in [-0.39, 0.29) is 5.97 Å². The Labute approximate surface area is 165 Å². The number of nitrogens with zero attached hydrogens (tertiary/aromatic N) is 2. The number of aromatic nitrogens is 2. The van der Waals surface area contributed by atoms with E-state index >= 15 is 0 Å². The number of carbonyl (C=O) groups is 1. The molecule has 0 aliphatic rings. The lowest BCUT2D eigenvalue weighted by atomic mass is 10.1. The molecule has 0 amide bonds. The summed E-state index contributed by atoms with van der Waals surface area (Å²) < 4.78 is 5.00. The number of benzene rings is 2. The fourth-order valence-corrected chi connectivity index (χ4v) is 2.81. The van der Waals surface area contributed by atoms with Crippen LogP contribution in [-0.2, 0) is 11.2 Å². The van der Waals surface area contributed by atoms with Crippen molar-refractivity contribution in [3.8, 4) is 0 Å². The Morgan fingerprint density at radius 3 is 2.46 bits per heavy atom. The summed E-state index contributed by atoms with van der Waals surface area (Å²) in [5, 5.41) is 6.56. The molecule has 6 nitrogen and oxygen atoms in total. The van der Waals surface area contributed by atoms with Crippen LogP contribution in [0.4, 0.5) is 23.1 Å². The number of nitrogens with one attached hydrogen (secondary N) is 2. The highest BCUT2D eigenvalue weighted by atomic mass is 16.5. The minimum atomic E-state index is -0.332. The molecular formula is C22H24N4O2. The number of para-hydroxylation sites is 1. The quantitative estimate of drug-likeness (QED) is 0.565. The van der Waals surface area contributed by atoms with Crippen LogP contribution in [0.15, 0.2) is 54.6 Å². The van der Waals surface area contributed by atoms with Crippen LogP contribution < -0.4 is 10.6 Å². The number of carbonyl (C=O) groups excluding carboxylic acids is 1. The summed E-state index contributed by atoms with van der Waals surface area (Å²) in [6.07, 6.45) is 0.936. The number of aryl methyl sites for hydroxylation is 2. The number of rotatable bonds is 7. The largest absolute Gasteiger partial charge is 0.462 e. The Bertz CT molecular complexity index is 955. The van der Waals surface area contributed by atoms with Crippen LogP contribution in [-0.4, -0.2) is 22.5 Å². The van der Waals surface area contributed by atoms with Crippen molar-refractivity contribution in [1.29, 1.82) is 0 Å². The Balaban J connectivity index is 1.77. The van der Waals surface area contributed by atoms with E-state index in [1.807, 2.05) is 31.2 Å². The first-order valence-corrected chi connectivity index (χ1v) is 9.34. The molecule has 28 heavy (non-hydrogen) atoms. The van der Waals surface area contributed by atoms with Crippen molar-refractivity contribution in [3.63, 3.8) is 0 Å². The average molecular weight is 376 g/mol. The van der Waals surface area contributed by atoms with E-state index in [9.17, 15) is 4.79 Å². The molecule has 0 atom stereocenters. The summed E-state index contributed by atoms with van der Waals surface area (Å²) in [5.74, 6) is 0.876. The second-order valence-electron chi connectivity index (χ2n) is 6.28. The lowest BCUT2D eigenvalue weighted by molar-refractivity contribution is 0.0526. The van der Waals surface area contributed by atoms with Crippen LogP contribution >= 0.6 is 0 Å². The Morgan fingerprint density at radius 2 is 1.75 bits per heavy atom. The third-order valence-electron chi connectivity index (χ3n) is 4.17. The molecule has 3 rings (SSSR count). The monoisotopic (exact) mass is 376 g/mol. The van der Waals surface area contributed by atoms with E-state index in [1.165, 1.54) is 5.56 Å². The number of esters is 1. The van der Waals surface area contributed by atoms with Crippen molar-refractivity contribution < 1.29 is 9.53 Å². The highest BCUT2D eigenvalue weighted by Gasteiger charge is 2.08. The van der Waals surface area contributed by atoms with Gasteiger partial charge in [-0.3, -0.25) is 0 Å². The van der Waals surface area contributed by atoms with Gasteiger partial charge in [-0.1, -0.05) is 25.1 Å².